The van der Waals surface area contributed by atoms with Crippen LogP contribution in [-0.2, 0) is 12.8 Å². The van der Waals surface area contributed by atoms with Crippen molar-refractivity contribution in [1.82, 2.24) is 10.2 Å². The van der Waals surface area contributed by atoms with Crippen LogP contribution in [0.3, 0.4) is 0 Å². The normalized spacial score (nSPS) is 15.0. The molecular formula is C23H31N3O. The topological polar surface area (TPSA) is 35.6 Å². The van der Waals surface area contributed by atoms with Crippen molar-refractivity contribution in [1.29, 1.82) is 0 Å². The van der Waals surface area contributed by atoms with Gasteiger partial charge in [-0.05, 0) is 55.3 Å². The lowest BCUT2D eigenvalue weighted by atomic mass is 10.1. The van der Waals surface area contributed by atoms with Crippen molar-refractivity contribution in [3.63, 3.8) is 0 Å². The van der Waals surface area contributed by atoms with E-state index in [9.17, 15) is 4.79 Å². The molecule has 0 saturated carbocycles. The molecule has 27 heavy (non-hydrogen) atoms. The molecule has 0 bridgehead atoms. The van der Waals surface area contributed by atoms with Gasteiger partial charge in [0.15, 0.2) is 0 Å². The molecule has 144 valence electrons. The van der Waals surface area contributed by atoms with Crippen LogP contribution < -0.4 is 10.2 Å². The minimum absolute atomic E-state index is 0.00658. The summed E-state index contributed by atoms with van der Waals surface area (Å²) in [6.45, 7) is 7.23. The van der Waals surface area contributed by atoms with E-state index < -0.39 is 0 Å². The lowest BCUT2D eigenvalue weighted by Crippen LogP contribution is -2.44. The summed E-state index contributed by atoms with van der Waals surface area (Å²) in [6.07, 6.45) is 3.04. The van der Waals surface area contributed by atoms with Crippen LogP contribution in [0.4, 0.5) is 5.69 Å². The Morgan fingerprint density at radius 1 is 0.889 bits per heavy atom. The highest BCUT2D eigenvalue weighted by Crippen LogP contribution is 2.17. The van der Waals surface area contributed by atoms with Crippen LogP contribution in [-0.4, -0.2) is 50.6 Å². The molecule has 3 rings (SSSR count). The fourth-order valence-electron chi connectivity index (χ4n) is 3.47. The number of piperazine rings is 1. The number of carbonyl (C=O) groups excluding carboxylic acids is 1. The van der Waals surface area contributed by atoms with E-state index >= 15 is 0 Å². The van der Waals surface area contributed by atoms with Crippen molar-refractivity contribution < 1.29 is 4.79 Å². The van der Waals surface area contributed by atoms with Gasteiger partial charge in [0, 0.05) is 44.0 Å². The van der Waals surface area contributed by atoms with E-state index in [2.05, 4.69) is 65.5 Å². The van der Waals surface area contributed by atoms with E-state index in [1.807, 2.05) is 12.1 Å². The zero-order valence-corrected chi connectivity index (χ0v) is 16.6. The third kappa shape index (κ3) is 5.57. The lowest BCUT2D eigenvalue weighted by Gasteiger charge is -2.34. The lowest BCUT2D eigenvalue weighted by molar-refractivity contribution is 0.0954. The number of amides is 1. The second kappa shape index (κ2) is 9.56. The standard InChI is InChI=1S/C23H31N3O/c1-3-4-19-5-9-21(10-6-19)23(27)24-14-13-20-7-11-22(12-8-20)26-17-15-25(2)16-18-26/h5-12H,3-4,13-18H2,1-2H3,(H,24,27). The Bertz CT molecular complexity index is 716. The van der Waals surface area contributed by atoms with Gasteiger partial charge < -0.3 is 15.1 Å². The van der Waals surface area contributed by atoms with Crippen molar-refractivity contribution in [2.24, 2.45) is 0 Å². The van der Waals surface area contributed by atoms with Gasteiger partial charge in [-0.15, -0.1) is 0 Å². The molecule has 0 aliphatic carbocycles. The average molecular weight is 366 g/mol. The summed E-state index contributed by atoms with van der Waals surface area (Å²) in [4.78, 5) is 17.1. The van der Waals surface area contributed by atoms with Gasteiger partial charge in [0.2, 0.25) is 0 Å². The molecule has 1 N–H and O–H groups in total. The quantitative estimate of drug-likeness (QED) is 0.817. The highest BCUT2D eigenvalue weighted by atomic mass is 16.1. The molecule has 0 aromatic heterocycles. The summed E-state index contributed by atoms with van der Waals surface area (Å²) in [6, 6.07) is 16.7. The number of hydrogen-bond donors (Lipinski definition) is 1. The van der Waals surface area contributed by atoms with Gasteiger partial charge in [-0.25, -0.2) is 0 Å². The van der Waals surface area contributed by atoms with Gasteiger partial charge in [-0.3, -0.25) is 4.79 Å². The zero-order valence-electron chi connectivity index (χ0n) is 16.6. The Kier molecular flexibility index (Phi) is 6.88. The summed E-state index contributed by atoms with van der Waals surface area (Å²) in [7, 11) is 2.17. The molecule has 4 heteroatoms. The maximum Gasteiger partial charge on any atom is 0.251 e. The Morgan fingerprint density at radius 3 is 2.11 bits per heavy atom. The van der Waals surface area contributed by atoms with E-state index in [0.29, 0.717) is 6.54 Å². The molecule has 2 aromatic rings. The van der Waals surface area contributed by atoms with Crippen molar-refractivity contribution in [3.8, 4) is 0 Å². The first-order valence-corrected chi connectivity index (χ1v) is 10.1. The molecule has 1 aliphatic rings. The summed E-state index contributed by atoms with van der Waals surface area (Å²) in [5, 5.41) is 3.03. The molecule has 0 radical (unpaired) electrons. The first-order chi connectivity index (χ1) is 13.2. The number of anilines is 1. The minimum Gasteiger partial charge on any atom is -0.369 e. The summed E-state index contributed by atoms with van der Waals surface area (Å²) in [5.74, 6) is 0.00658. The molecule has 0 unspecified atom stereocenters. The number of hydrogen-bond acceptors (Lipinski definition) is 3. The maximum absolute atomic E-state index is 12.3. The van der Waals surface area contributed by atoms with E-state index in [4.69, 9.17) is 0 Å². The Balaban J connectivity index is 1.45. The molecule has 1 aliphatic heterocycles. The highest BCUT2D eigenvalue weighted by molar-refractivity contribution is 5.94. The molecular weight excluding hydrogens is 334 g/mol. The summed E-state index contributed by atoms with van der Waals surface area (Å²) >= 11 is 0. The van der Waals surface area contributed by atoms with Crippen LogP contribution in [0.2, 0.25) is 0 Å². The van der Waals surface area contributed by atoms with Gasteiger partial charge in [0.05, 0.1) is 0 Å². The van der Waals surface area contributed by atoms with Crippen molar-refractivity contribution in [2.45, 2.75) is 26.2 Å². The van der Waals surface area contributed by atoms with E-state index in [-0.39, 0.29) is 5.91 Å². The molecule has 1 amide bonds. The number of benzene rings is 2. The number of likely N-dealkylation sites (N-methyl/N-ethyl adjacent to an activating group) is 1. The Labute approximate surface area is 163 Å². The van der Waals surface area contributed by atoms with E-state index in [0.717, 1.165) is 51.0 Å². The van der Waals surface area contributed by atoms with Gasteiger partial charge in [-0.2, -0.15) is 0 Å². The van der Waals surface area contributed by atoms with Gasteiger partial charge in [0.25, 0.3) is 5.91 Å². The number of rotatable bonds is 7. The number of aryl methyl sites for hydroxylation is 1. The van der Waals surface area contributed by atoms with Crippen molar-refractivity contribution >= 4 is 11.6 Å². The zero-order chi connectivity index (χ0) is 19.1. The van der Waals surface area contributed by atoms with Crippen LogP contribution in [0.25, 0.3) is 0 Å². The van der Waals surface area contributed by atoms with Crippen LogP contribution in [0.1, 0.15) is 34.8 Å². The first-order valence-electron chi connectivity index (χ1n) is 10.1. The Hall–Kier alpha value is -2.33. The molecule has 1 saturated heterocycles. The van der Waals surface area contributed by atoms with Crippen LogP contribution in [0, 0.1) is 0 Å². The molecule has 1 fully saturated rings. The first kappa shape index (κ1) is 19.4. The second-order valence-corrected chi connectivity index (χ2v) is 7.41. The predicted octanol–water partition coefficient (Wildman–Crippen LogP) is 3.36. The Morgan fingerprint density at radius 2 is 1.48 bits per heavy atom. The largest absolute Gasteiger partial charge is 0.369 e. The SMILES string of the molecule is CCCc1ccc(C(=O)NCCc2ccc(N3CCN(C)CC3)cc2)cc1. The highest BCUT2D eigenvalue weighted by Gasteiger charge is 2.14. The third-order valence-electron chi connectivity index (χ3n) is 5.26. The van der Waals surface area contributed by atoms with Gasteiger partial charge in [-0.1, -0.05) is 37.6 Å². The molecule has 2 aromatic carbocycles. The number of nitrogens with one attached hydrogen (secondary N) is 1. The fraction of sp³-hybridized carbons (Fsp3) is 0.435. The van der Waals surface area contributed by atoms with Crippen LogP contribution >= 0.6 is 0 Å². The van der Waals surface area contributed by atoms with Crippen LogP contribution in [0.5, 0.6) is 0 Å². The molecule has 0 atom stereocenters. The second-order valence-electron chi connectivity index (χ2n) is 7.41. The molecule has 0 spiro atoms. The predicted molar refractivity (Wildman–Crippen MR) is 113 cm³/mol. The molecule has 1 heterocycles. The fourth-order valence-corrected chi connectivity index (χ4v) is 3.47. The van der Waals surface area contributed by atoms with Gasteiger partial charge in [0.1, 0.15) is 0 Å². The van der Waals surface area contributed by atoms with Crippen LogP contribution in [0.15, 0.2) is 48.5 Å². The van der Waals surface area contributed by atoms with Gasteiger partial charge >= 0.3 is 0 Å². The summed E-state index contributed by atoms with van der Waals surface area (Å²) in [5.41, 5.74) is 4.57. The average Bonchev–Trinajstić information content (AvgIpc) is 2.70. The van der Waals surface area contributed by atoms with Crippen molar-refractivity contribution in [3.05, 3.63) is 65.2 Å². The number of carbonyl (C=O) groups is 1. The third-order valence-corrected chi connectivity index (χ3v) is 5.26. The van der Waals surface area contributed by atoms with Crippen molar-refractivity contribution in [2.75, 3.05) is 44.7 Å². The smallest absolute Gasteiger partial charge is 0.251 e. The monoisotopic (exact) mass is 365 g/mol. The maximum atomic E-state index is 12.3. The van der Waals surface area contributed by atoms with E-state index in [1.54, 1.807) is 0 Å². The minimum atomic E-state index is 0.00658. The number of nitrogens with zero attached hydrogens (tertiary/aromatic N) is 2. The van der Waals surface area contributed by atoms with E-state index in [1.165, 1.54) is 16.8 Å². The molecule has 4 nitrogen and oxygen atoms in total. The summed E-state index contributed by atoms with van der Waals surface area (Å²) < 4.78 is 0.